The van der Waals surface area contributed by atoms with Crippen LogP contribution in [-0.4, -0.2) is 29.9 Å². The molecule has 0 bridgehead atoms. The summed E-state index contributed by atoms with van der Waals surface area (Å²) in [4.78, 5) is 0. The maximum absolute atomic E-state index is 11.6. The van der Waals surface area contributed by atoms with Crippen molar-refractivity contribution in [3.05, 3.63) is 5.38 Å². The molecule has 0 aromatic carbocycles. The molecular formula is C7H12BNO3S2. The molecule has 4 nitrogen and oxygen atoms in total. The van der Waals surface area contributed by atoms with Gasteiger partial charge < -0.3 is 4.74 Å². The number of nitrogens with one attached hydrogen (secondary N) is 1. The van der Waals surface area contributed by atoms with Crippen molar-refractivity contribution in [3.63, 3.8) is 0 Å². The van der Waals surface area contributed by atoms with Crippen LogP contribution in [0, 0.1) is 0 Å². The Labute approximate surface area is 88.7 Å². The third-order valence-corrected chi connectivity index (χ3v) is 4.83. The minimum absolute atomic E-state index is 0.249. The molecular weight excluding hydrogens is 221 g/mol. The molecule has 0 aliphatic rings. The first kappa shape index (κ1) is 11.5. The van der Waals surface area contributed by atoms with E-state index in [0.29, 0.717) is 12.3 Å². The Morgan fingerprint density at radius 2 is 2.29 bits per heavy atom. The zero-order chi connectivity index (χ0) is 10.8. The summed E-state index contributed by atoms with van der Waals surface area (Å²) < 4.78 is 31.0. The predicted molar refractivity (Wildman–Crippen MR) is 59.9 cm³/mol. The van der Waals surface area contributed by atoms with Gasteiger partial charge in [-0.1, -0.05) is 6.92 Å². The van der Waals surface area contributed by atoms with Crippen molar-refractivity contribution in [1.29, 1.82) is 0 Å². The highest BCUT2D eigenvalue weighted by Gasteiger charge is 2.21. The first-order valence-electron chi connectivity index (χ1n) is 4.14. The largest absolute Gasteiger partial charge is 0.495 e. The van der Waals surface area contributed by atoms with Crippen molar-refractivity contribution in [2.24, 2.45) is 0 Å². The Kier molecular flexibility index (Phi) is 3.57. The molecule has 0 atom stereocenters. The van der Waals surface area contributed by atoms with E-state index >= 15 is 0 Å². The topological polar surface area (TPSA) is 55.4 Å². The molecule has 7 heteroatoms. The molecule has 1 rings (SSSR count). The van der Waals surface area contributed by atoms with Crippen LogP contribution in [-0.2, 0) is 10.0 Å². The standard InChI is InChI=1S/C7H12BNO3S2/c1-3-9-14(10,11)7-6(12-2)5(8)4-13-7/h4,9H,3,8H2,1-2H3. The van der Waals surface area contributed by atoms with Gasteiger partial charge in [-0.2, -0.15) is 0 Å². The lowest BCUT2D eigenvalue weighted by atomic mass is 10.0. The second-order valence-electron chi connectivity index (χ2n) is 2.74. The molecule has 78 valence electrons. The average molecular weight is 233 g/mol. The molecule has 1 heterocycles. The summed E-state index contributed by atoms with van der Waals surface area (Å²) in [5, 5.41) is 1.77. The van der Waals surface area contributed by atoms with Gasteiger partial charge in [0.1, 0.15) is 13.6 Å². The van der Waals surface area contributed by atoms with Gasteiger partial charge in [-0.25, -0.2) is 13.1 Å². The number of hydrogen-bond donors (Lipinski definition) is 1. The highest BCUT2D eigenvalue weighted by atomic mass is 32.2. The third-order valence-electron chi connectivity index (χ3n) is 1.67. The maximum Gasteiger partial charge on any atom is 0.253 e. The number of rotatable bonds is 4. The molecule has 0 saturated heterocycles. The van der Waals surface area contributed by atoms with Crippen LogP contribution in [0.2, 0.25) is 0 Å². The van der Waals surface area contributed by atoms with E-state index in [9.17, 15) is 8.42 Å². The van der Waals surface area contributed by atoms with E-state index in [1.807, 2.05) is 7.85 Å². The number of hydrogen-bond acceptors (Lipinski definition) is 4. The molecule has 0 aliphatic heterocycles. The lowest BCUT2D eigenvalue weighted by Crippen LogP contribution is -2.23. The van der Waals surface area contributed by atoms with Gasteiger partial charge in [-0.15, -0.1) is 11.3 Å². The highest BCUT2D eigenvalue weighted by Crippen LogP contribution is 2.26. The molecule has 0 amide bonds. The molecule has 0 radical (unpaired) electrons. The van der Waals surface area contributed by atoms with Gasteiger partial charge in [-0.05, 0) is 10.8 Å². The Balaban J connectivity index is 3.19. The van der Waals surface area contributed by atoms with Gasteiger partial charge in [0.15, 0.2) is 4.21 Å². The molecule has 0 unspecified atom stereocenters. The quantitative estimate of drug-likeness (QED) is 0.700. The second-order valence-corrected chi connectivity index (χ2v) is 5.58. The number of ether oxygens (including phenoxy) is 1. The van der Waals surface area contributed by atoms with Gasteiger partial charge in [0.2, 0.25) is 0 Å². The minimum Gasteiger partial charge on any atom is -0.495 e. The molecule has 1 aromatic rings. The van der Waals surface area contributed by atoms with Crippen molar-refractivity contribution in [1.82, 2.24) is 4.72 Å². The number of sulfonamides is 1. The molecule has 0 fully saturated rings. The van der Waals surface area contributed by atoms with Crippen molar-refractivity contribution >= 4 is 34.7 Å². The lowest BCUT2D eigenvalue weighted by molar-refractivity contribution is 0.409. The van der Waals surface area contributed by atoms with Crippen LogP contribution in [0.15, 0.2) is 9.59 Å². The fourth-order valence-electron chi connectivity index (χ4n) is 1.10. The fourth-order valence-corrected chi connectivity index (χ4v) is 3.66. The summed E-state index contributed by atoms with van der Waals surface area (Å²) in [6.07, 6.45) is 0. The second kappa shape index (κ2) is 4.33. The Hall–Kier alpha value is -0.525. The van der Waals surface area contributed by atoms with Gasteiger partial charge >= 0.3 is 0 Å². The van der Waals surface area contributed by atoms with Crippen LogP contribution in [0.4, 0.5) is 0 Å². The predicted octanol–water partition coefficient (Wildman–Crippen LogP) is -0.687. The monoisotopic (exact) mass is 233 g/mol. The van der Waals surface area contributed by atoms with Gasteiger partial charge in [0.05, 0.1) is 7.11 Å². The van der Waals surface area contributed by atoms with Crippen LogP contribution in [0.3, 0.4) is 0 Å². The fraction of sp³-hybridized carbons (Fsp3) is 0.429. The lowest BCUT2D eigenvalue weighted by Gasteiger charge is -2.05. The normalized spacial score (nSPS) is 11.6. The van der Waals surface area contributed by atoms with Crippen molar-refractivity contribution < 1.29 is 13.2 Å². The van der Waals surface area contributed by atoms with E-state index in [0.717, 1.165) is 5.46 Å². The molecule has 0 aliphatic carbocycles. The number of thiophene rings is 1. The third kappa shape index (κ3) is 2.10. The Bertz CT molecular complexity index is 413. The first-order chi connectivity index (χ1) is 6.53. The van der Waals surface area contributed by atoms with Gasteiger partial charge in [0, 0.05) is 6.54 Å². The van der Waals surface area contributed by atoms with Crippen LogP contribution in [0.25, 0.3) is 0 Å². The maximum atomic E-state index is 11.6. The summed E-state index contributed by atoms with van der Waals surface area (Å²) in [6.45, 7) is 2.12. The van der Waals surface area contributed by atoms with Crippen molar-refractivity contribution in [3.8, 4) is 5.75 Å². The van der Waals surface area contributed by atoms with Crippen LogP contribution >= 0.6 is 11.3 Å². The molecule has 0 spiro atoms. The Morgan fingerprint density at radius 1 is 1.64 bits per heavy atom. The van der Waals surface area contributed by atoms with Crippen LogP contribution in [0.5, 0.6) is 5.75 Å². The smallest absolute Gasteiger partial charge is 0.253 e. The zero-order valence-corrected chi connectivity index (χ0v) is 9.96. The van der Waals surface area contributed by atoms with Gasteiger partial charge in [0.25, 0.3) is 10.0 Å². The van der Waals surface area contributed by atoms with E-state index in [2.05, 4.69) is 4.72 Å². The minimum atomic E-state index is -3.39. The van der Waals surface area contributed by atoms with E-state index < -0.39 is 10.0 Å². The van der Waals surface area contributed by atoms with E-state index in [1.54, 1.807) is 12.3 Å². The number of methoxy groups -OCH3 is 1. The zero-order valence-electron chi connectivity index (χ0n) is 8.33. The summed E-state index contributed by atoms with van der Waals surface area (Å²) in [5.41, 5.74) is 0.842. The van der Waals surface area contributed by atoms with E-state index in [1.165, 1.54) is 18.4 Å². The van der Waals surface area contributed by atoms with Crippen LogP contribution < -0.4 is 14.9 Å². The summed E-state index contributed by atoms with van der Waals surface area (Å²) in [7, 11) is -0.0968. The van der Waals surface area contributed by atoms with Crippen molar-refractivity contribution in [2.45, 2.75) is 11.1 Å². The average Bonchev–Trinajstić information content (AvgIpc) is 2.47. The molecule has 0 saturated carbocycles. The van der Waals surface area contributed by atoms with Gasteiger partial charge in [-0.3, -0.25) is 0 Å². The Morgan fingerprint density at radius 3 is 2.79 bits per heavy atom. The SMILES string of the molecule is Bc1csc(S(=O)(=O)NCC)c1OC. The highest BCUT2D eigenvalue weighted by molar-refractivity contribution is 7.91. The summed E-state index contributed by atoms with van der Waals surface area (Å²) in [5.74, 6) is 0.441. The van der Waals surface area contributed by atoms with E-state index in [-0.39, 0.29) is 4.21 Å². The first-order valence-corrected chi connectivity index (χ1v) is 6.51. The van der Waals surface area contributed by atoms with Crippen LogP contribution in [0.1, 0.15) is 6.92 Å². The van der Waals surface area contributed by atoms with Crippen molar-refractivity contribution in [2.75, 3.05) is 13.7 Å². The van der Waals surface area contributed by atoms with E-state index in [4.69, 9.17) is 4.74 Å². The molecule has 1 N–H and O–H groups in total. The summed E-state index contributed by atoms with van der Waals surface area (Å²) in [6, 6.07) is 0. The molecule has 14 heavy (non-hydrogen) atoms. The molecule has 1 aromatic heterocycles. The summed E-state index contributed by atoms with van der Waals surface area (Å²) >= 11 is 1.17.